The summed E-state index contributed by atoms with van der Waals surface area (Å²) in [5, 5.41) is 13.9. The Balaban J connectivity index is 4.34. The molecule has 0 fully saturated rings. The summed E-state index contributed by atoms with van der Waals surface area (Å²) < 4.78 is 23.6. The quantitative estimate of drug-likeness (QED) is 0.0243. The van der Waals surface area contributed by atoms with Gasteiger partial charge in [-0.1, -0.05) is 247 Å². The number of nitrogens with zero attached hydrogens (tertiary/aromatic N) is 1. The Labute approximate surface area is 414 Å². The Hall–Kier alpha value is -2.32. The summed E-state index contributed by atoms with van der Waals surface area (Å²) in [6.45, 7) is 4.65. The fourth-order valence-corrected chi connectivity index (χ4v) is 8.33. The summed E-state index contributed by atoms with van der Waals surface area (Å²) in [5.41, 5.74) is 0. The first kappa shape index (κ1) is 64.7. The van der Waals surface area contributed by atoms with E-state index in [0.717, 1.165) is 57.8 Å². The minimum absolute atomic E-state index is 0.0440. The van der Waals surface area contributed by atoms with Crippen LogP contribution in [0.3, 0.4) is 0 Å². The molecule has 0 saturated heterocycles. The van der Waals surface area contributed by atoms with E-state index < -0.39 is 20.0 Å². The molecule has 9 heteroatoms. The van der Waals surface area contributed by atoms with Crippen LogP contribution in [0.4, 0.5) is 0 Å². The van der Waals surface area contributed by atoms with Crippen molar-refractivity contribution in [3.05, 3.63) is 85.1 Å². The zero-order valence-electron chi connectivity index (χ0n) is 44.1. The molecule has 3 N–H and O–H groups in total. The molecular formula is C58H106N2O6P+. The Morgan fingerprint density at radius 1 is 0.522 bits per heavy atom. The number of rotatable bonds is 49. The van der Waals surface area contributed by atoms with Crippen LogP contribution in [0.5, 0.6) is 0 Å². The Kier molecular flexibility index (Phi) is 47.0. The van der Waals surface area contributed by atoms with Crippen LogP contribution in [-0.2, 0) is 18.4 Å². The van der Waals surface area contributed by atoms with Crippen molar-refractivity contribution in [3.8, 4) is 0 Å². The van der Waals surface area contributed by atoms with E-state index in [1.54, 1.807) is 6.08 Å². The lowest BCUT2D eigenvalue weighted by Crippen LogP contribution is -2.45. The molecule has 0 saturated carbocycles. The smallest absolute Gasteiger partial charge is 0.387 e. The maximum Gasteiger partial charge on any atom is 0.472 e. The van der Waals surface area contributed by atoms with Crippen LogP contribution in [0.15, 0.2) is 85.1 Å². The summed E-state index contributed by atoms with van der Waals surface area (Å²) in [7, 11) is 1.52. The Morgan fingerprint density at radius 2 is 0.896 bits per heavy atom. The predicted molar refractivity (Wildman–Crippen MR) is 290 cm³/mol. The van der Waals surface area contributed by atoms with E-state index in [1.165, 1.54) is 141 Å². The molecule has 3 atom stereocenters. The summed E-state index contributed by atoms with van der Waals surface area (Å²) in [4.78, 5) is 23.2. The molecule has 0 radical (unpaired) electrons. The number of carbonyl (C=O) groups is 1. The van der Waals surface area contributed by atoms with Crippen molar-refractivity contribution in [1.82, 2.24) is 5.32 Å². The van der Waals surface area contributed by atoms with E-state index in [1.807, 2.05) is 39.4 Å². The number of carbonyl (C=O) groups excluding carboxylic acids is 1. The number of hydrogen-bond acceptors (Lipinski definition) is 5. The molecule has 8 nitrogen and oxygen atoms in total. The van der Waals surface area contributed by atoms with E-state index in [9.17, 15) is 19.4 Å². The third kappa shape index (κ3) is 51.4. The number of aliphatic hydroxyl groups excluding tert-OH is 1. The fraction of sp³-hybridized carbons (Fsp3) is 0.741. The molecule has 0 heterocycles. The first-order valence-electron chi connectivity index (χ1n) is 27.5. The second-order valence-corrected chi connectivity index (χ2v) is 21.0. The average Bonchev–Trinajstić information content (AvgIpc) is 3.29. The molecule has 0 aromatic heterocycles. The van der Waals surface area contributed by atoms with Crippen LogP contribution in [-0.4, -0.2) is 73.4 Å². The van der Waals surface area contributed by atoms with E-state index in [4.69, 9.17) is 9.05 Å². The standard InChI is InChI=1S/C58H105N2O6P/c1-6-8-10-12-14-16-18-20-22-24-26-27-28-29-30-31-32-34-35-37-39-41-43-45-47-49-51-57(61)56(55-66-67(63,64)65-54-53-60(3,4)5)59-58(62)52-50-48-46-44-42-40-38-36-33-25-23-21-19-17-15-13-11-9-7-2/h9,11,15,17,21,23,33,36,40,42,46,48-49,51,56-57,61H,6-8,10,12-14,16,18-20,22,24-32,34-35,37-39,41,43-45,47,50,52-55H2,1-5H3,(H-,59,62,63,64)/p+1/b11-9-,17-15-,23-21-,36-33-,42-40-,48-46-,51-49+. The number of phosphoric ester groups is 1. The van der Waals surface area contributed by atoms with Crippen LogP contribution in [0.25, 0.3) is 0 Å². The number of hydrogen-bond donors (Lipinski definition) is 3. The molecule has 0 aliphatic heterocycles. The number of quaternary nitrogens is 1. The Morgan fingerprint density at radius 3 is 1.28 bits per heavy atom. The molecule has 388 valence electrons. The monoisotopic (exact) mass is 958 g/mol. The molecular weight excluding hydrogens is 852 g/mol. The van der Waals surface area contributed by atoms with Crippen LogP contribution in [0.2, 0.25) is 0 Å². The first-order chi connectivity index (χ1) is 32.5. The van der Waals surface area contributed by atoms with E-state index in [2.05, 4.69) is 79.9 Å². The molecule has 3 unspecified atom stereocenters. The van der Waals surface area contributed by atoms with Gasteiger partial charge < -0.3 is 19.8 Å². The van der Waals surface area contributed by atoms with Gasteiger partial charge in [0.2, 0.25) is 5.91 Å². The zero-order valence-corrected chi connectivity index (χ0v) is 45.0. The van der Waals surface area contributed by atoms with Gasteiger partial charge in [-0.25, -0.2) is 4.57 Å². The number of phosphoric acid groups is 1. The van der Waals surface area contributed by atoms with Crippen LogP contribution >= 0.6 is 7.82 Å². The van der Waals surface area contributed by atoms with Gasteiger partial charge in [0.1, 0.15) is 13.2 Å². The maximum atomic E-state index is 12.9. The maximum absolute atomic E-state index is 12.9. The van der Waals surface area contributed by atoms with Crippen LogP contribution in [0.1, 0.15) is 226 Å². The molecule has 67 heavy (non-hydrogen) atoms. The lowest BCUT2D eigenvalue weighted by molar-refractivity contribution is -0.870. The van der Waals surface area contributed by atoms with Crippen LogP contribution in [0, 0.1) is 0 Å². The number of unbranched alkanes of at least 4 members (excludes halogenated alkanes) is 24. The van der Waals surface area contributed by atoms with E-state index >= 15 is 0 Å². The molecule has 0 rings (SSSR count). The second-order valence-electron chi connectivity index (χ2n) is 19.6. The highest BCUT2D eigenvalue weighted by Crippen LogP contribution is 2.43. The third-order valence-corrected chi connectivity index (χ3v) is 12.9. The van der Waals surface area contributed by atoms with Gasteiger partial charge in [-0.05, 0) is 57.8 Å². The number of amides is 1. The molecule has 0 aliphatic rings. The van der Waals surface area contributed by atoms with Gasteiger partial charge in [-0.15, -0.1) is 0 Å². The van der Waals surface area contributed by atoms with Crippen molar-refractivity contribution in [1.29, 1.82) is 0 Å². The minimum atomic E-state index is -4.37. The predicted octanol–water partition coefficient (Wildman–Crippen LogP) is 16.5. The van der Waals surface area contributed by atoms with Crippen molar-refractivity contribution >= 4 is 13.7 Å². The van der Waals surface area contributed by atoms with Gasteiger partial charge >= 0.3 is 7.82 Å². The number of likely N-dealkylation sites (N-methyl/N-ethyl adjacent to an activating group) is 1. The molecule has 1 amide bonds. The highest BCUT2D eigenvalue weighted by atomic mass is 31.2. The van der Waals surface area contributed by atoms with Gasteiger partial charge in [0.05, 0.1) is 39.9 Å². The lowest BCUT2D eigenvalue weighted by atomic mass is 10.0. The number of nitrogens with one attached hydrogen (secondary N) is 1. The van der Waals surface area contributed by atoms with Crippen molar-refractivity contribution in [3.63, 3.8) is 0 Å². The van der Waals surface area contributed by atoms with Crippen molar-refractivity contribution in [2.24, 2.45) is 0 Å². The SMILES string of the molecule is CC/C=C\C/C=C\C/C=C\C/C=C\C/C=C\C/C=C\CCC(=O)NC(COP(=O)(O)OCC[N+](C)(C)C)C(O)/C=C/CCCCCCCCCCCCCCCCCCCCCCCCCC. The van der Waals surface area contributed by atoms with Crippen LogP contribution < -0.4 is 5.32 Å². The molecule has 0 aliphatic carbocycles. The van der Waals surface area contributed by atoms with E-state index in [0.29, 0.717) is 17.4 Å². The van der Waals surface area contributed by atoms with E-state index in [-0.39, 0.29) is 25.5 Å². The summed E-state index contributed by atoms with van der Waals surface area (Å²) in [6.07, 6.45) is 68.4. The molecule has 0 aromatic carbocycles. The van der Waals surface area contributed by atoms with Crippen molar-refractivity contribution in [2.75, 3.05) is 40.9 Å². The zero-order chi connectivity index (χ0) is 49.2. The van der Waals surface area contributed by atoms with Gasteiger partial charge in [0.25, 0.3) is 0 Å². The molecule has 0 spiro atoms. The summed E-state index contributed by atoms with van der Waals surface area (Å²) in [5.74, 6) is -0.260. The van der Waals surface area contributed by atoms with Gasteiger partial charge in [0.15, 0.2) is 0 Å². The molecule has 0 bridgehead atoms. The average molecular weight is 958 g/mol. The normalized spacial score (nSPS) is 14.7. The highest BCUT2D eigenvalue weighted by molar-refractivity contribution is 7.47. The van der Waals surface area contributed by atoms with Crippen molar-refractivity contribution in [2.45, 2.75) is 238 Å². The fourth-order valence-electron chi connectivity index (χ4n) is 7.59. The third-order valence-electron chi connectivity index (χ3n) is 11.9. The number of aliphatic hydroxyl groups is 1. The van der Waals surface area contributed by atoms with Gasteiger partial charge in [-0.2, -0.15) is 0 Å². The Bertz CT molecular complexity index is 1360. The summed E-state index contributed by atoms with van der Waals surface area (Å²) >= 11 is 0. The highest BCUT2D eigenvalue weighted by Gasteiger charge is 2.27. The lowest BCUT2D eigenvalue weighted by Gasteiger charge is -2.25. The first-order valence-corrected chi connectivity index (χ1v) is 29.0. The largest absolute Gasteiger partial charge is 0.472 e. The minimum Gasteiger partial charge on any atom is -0.387 e. The number of allylic oxidation sites excluding steroid dienone is 13. The molecule has 0 aromatic rings. The van der Waals surface area contributed by atoms with Crippen molar-refractivity contribution < 1.29 is 32.9 Å². The van der Waals surface area contributed by atoms with Gasteiger partial charge in [-0.3, -0.25) is 13.8 Å². The summed E-state index contributed by atoms with van der Waals surface area (Å²) in [6, 6.07) is -0.893. The van der Waals surface area contributed by atoms with Gasteiger partial charge in [0, 0.05) is 6.42 Å². The topological polar surface area (TPSA) is 105 Å². The second kappa shape index (κ2) is 48.7.